The third-order valence-corrected chi connectivity index (χ3v) is 1.82. The van der Waals surface area contributed by atoms with Crippen molar-refractivity contribution in [2.24, 2.45) is 0 Å². The summed E-state index contributed by atoms with van der Waals surface area (Å²) in [5, 5.41) is 8.50. The van der Waals surface area contributed by atoms with Gasteiger partial charge in [-0.05, 0) is 24.1 Å². The standard InChI is InChI=1S/C11H11F3O/c12-11(13,14)10-6-3-5-9(8-10)4-1-2-7-15/h1,3-6,8,15H,2,7H2/b4-1-. The van der Waals surface area contributed by atoms with Crippen LogP contribution in [0.15, 0.2) is 30.3 Å². The Bertz CT molecular complexity index is 342. The van der Waals surface area contributed by atoms with Gasteiger partial charge in [0.25, 0.3) is 0 Å². The number of rotatable bonds is 3. The summed E-state index contributed by atoms with van der Waals surface area (Å²) in [6.07, 6.45) is -0.669. The van der Waals surface area contributed by atoms with Crippen LogP contribution in [0, 0.1) is 0 Å². The zero-order valence-electron chi connectivity index (χ0n) is 7.96. The Morgan fingerprint density at radius 3 is 2.60 bits per heavy atom. The van der Waals surface area contributed by atoms with E-state index >= 15 is 0 Å². The van der Waals surface area contributed by atoms with Crippen molar-refractivity contribution in [3.63, 3.8) is 0 Å². The van der Waals surface area contributed by atoms with Crippen LogP contribution < -0.4 is 0 Å². The molecule has 0 amide bonds. The average Bonchev–Trinajstić information content (AvgIpc) is 2.17. The molecule has 4 heteroatoms. The molecule has 1 rings (SSSR count). The molecule has 0 aliphatic heterocycles. The maximum atomic E-state index is 12.3. The maximum Gasteiger partial charge on any atom is 0.416 e. The second-order valence-corrected chi connectivity index (χ2v) is 3.04. The van der Waals surface area contributed by atoms with E-state index < -0.39 is 11.7 Å². The van der Waals surface area contributed by atoms with E-state index in [1.54, 1.807) is 18.2 Å². The van der Waals surface area contributed by atoms with Gasteiger partial charge in [-0.1, -0.05) is 24.3 Å². The summed E-state index contributed by atoms with van der Waals surface area (Å²) in [6.45, 7) is -0.00450. The molecule has 0 aliphatic rings. The van der Waals surface area contributed by atoms with Crippen molar-refractivity contribution in [3.05, 3.63) is 41.5 Å². The Morgan fingerprint density at radius 1 is 1.27 bits per heavy atom. The van der Waals surface area contributed by atoms with Gasteiger partial charge in [-0.25, -0.2) is 0 Å². The summed E-state index contributed by atoms with van der Waals surface area (Å²) < 4.78 is 36.9. The zero-order chi connectivity index (χ0) is 11.3. The van der Waals surface area contributed by atoms with Crippen LogP contribution in [-0.2, 0) is 6.18 Å². The molecule has 0 aliphatic carbocycles. The molecular weight excluding hydrogens is 205 g/mol. The summed E-state index contributed by atoms with van der Waals surface area (Å²) >= 11 is 0. The first-order valence-electron chi connectivity index (χ1n) is 4.48. The lowest BCUT2D eigenvalue weighted by molar-refractivity contribution is -0.137. The molecule has 0 fully saturated rings. The molecule has 0 radical (unpaired) electrons. The second kappa shape index (κ2) is 4.98. The number of halogens is 3. The number of benzene rings is 1. The normalized spacial score (nSPS) is 12.3. The van der Waals surface area contributed by atoms with E-state index in [-0.39, 0.29) is 6.61 Å². The van der Waals surface area contributed by atoms with Crippen LogP contribution in [0.4, 0.5) is 13.2 Å². The van der Waals surface area contributed by atoms with Gasteiger partial charge >= 0.3 is 6.18 Å². The first kappa shape index (κ1) is 11.8. The van der Waals surface area contributed by atoms with Gasteiger partial charge in [-0.15, -0.1) is 0 Å². The van der Waals surface area contributed by atoms with Crippen molar-refractivity contribution in [2.45, 2.75) is 12.6 Å². The highest BCUT2D eigenvalue weighted by Crippen LogP contribution is 2.29. The molecule has 0 spiro atoms. The molecule has 0 bridgehead atoms. The van der Waals surface area contributed by atoms with Gasteiger partial charge in [-0.2, -0.15) is 13.2 Å². The van der Waals surface area contributed by atoms with Crippen molar-refractivity contribution >= 4 is 6.08 Å². The maximum absolute atomic E-state index is 12.3. The highest BCUT2D eigenvalue weighted by atomic mass is 19.4. The second-order valence-electron chi connectivity index (χ2n) is 3.04. The molecule has 0 atom stereocenters. The number of hydrogen-bond donors (Lipinski definition) is 1. The quantitative estimate of drug-likeness (QED) is 0.823. The minimum atomic E-state index is -4.30. The van der Waals surface area contributed by atoms with Crippen LogP contribution in [0.5, 0.6) is 0 Å². The third-order valence-electron chi connectivity index (χ3n) is 1.82. The molecule has 82 valence electrons. The van der Waals surface area contributed by atoms with Gasteiger partial charge in [-0.3, -0.25) is 0 Å². The van der Waals surface area contributed by atoms with Crippen LogP contribution in [0.25, 0.3) is 6.08 Å². The highest BCUT2D eigenvalue weighted by Gasteiger charge is 2.30. The van der Waals surface area contributed by atoms with Crippen LogP contribution in [0.3, 0.4) is 0 Å². The number of aliphatic hydroxyl groups excluding tert-OH is 1. The lowest BCUT2D eigenvalue weighted by Gasteiger charge is -2.06. The zero-order valence-corrected chi connectivity index (χ0v) is 7.96. The van der Waals surface area contributed by atoms with Crippen molar-refractivity contribution in [1.29, 1.82) is 0 Å². The van der Waals surface area contributed by atoms with Gasteiger partial charge in [0.05, 0.1) is 5.56 Å². The van der Waals surface area contributed by atoms with Gasteiger partial charge in [0.2, 0.25) is 0 Å². The number of alkyl halides is 3. The van der Waals surface area contributed by atoms with Crippen LogP contribution in [-0.4, -0.2) is 11.7 Å². The van der Waals surface area contributed by atoms with Crippen LogP contribution in [0.1, 0.15) is 17.5 Å². The summed E-state index contributed by atoms with van der Waals surface area (Å²) in [5.74, 6) is 0. The van der Waals surface area contributed by atoms with Crippen molar-refractivity contribution in [1.82, 2.24) is 0 Å². The fourth-order valence-corrected chi connectivity index (χ4v) is 1.11. The molecule has 1 aromatic rings. The van der Waals surface area contributed by atoms with Gasteiger partial charge in [0, 0.05) is 6.61 Å². The van der Waals surface area contributed by atoms with E-state index in [4.69, 9.17) is 5.11 Å². The van der Waals surface area contributed by atoms with E-state index in [0.29, 0.717) is 12.0 Å². The minimum absolute atomic E-state index is 0.00450. The van der Waals surface area contributed by atoms with Gasteiger partial charge in [0.1, 0.15) is 0 Å². The Kier molecular flexibility index (Phi) is 3.91. The average molecular weight is 216 g/mol. The Hall–Kier alpha value is -1.29. The molecule has 1 N–H and O–H groups in total. The van der Waals surface area contributed by atoms with Crippen molar-refractivity contribution < 1.29 is 18.3 Å². The van der Waals surface area contributed by atoms with Gasteiger partial charge in [0.15, 0.2) is 0 Å². The molecule has 0 saturated heterocycles. The molecule has 0 saturated carbocycles. The fraction of sp³-hybridized carbons (Fsp3) is 0.273. The third kappa shape index (κ3) is 3.75. The predicted molar refractivity (Wildman–Crippen MR) is 52.2 cm³/mol. The lowest BCUT2D eigenvalue weighted by Crippen LogP contribution is -2.04. The van der Waals surface area contributed by atoms with E-state index in [1.807, 2.05) is 0 Å². The number of aliphatic hydroxyl groups is 1. The largest absolute Gasteiger partial charge is 0.416 e. The van der Waals surface area contributed by atoms with Crippen molar-refractivity contribution in [2.75, 3.05) is 6.61 Å². The Labute approximate surface area is 85.9 Å². The van der Waals surface area contributed by atoms with E-state index in [9.17, 15) is 13.2 Å². The first-order valence-corrected chi connectivity index (χ1v) is 4.48. The molecule has 1 aromatic carbocycles. The van der Waals surface area contributed by atoms with Crippen molar-refractivity contribution in [3.8, 4) is 0 Å². The van der Waals surface area contributed by atoms with Crippen LogP contribution >= 0.6 is 0 Å². The molecule has 0 aromatic heterocycles. The summed E-state index contributed by atoms with van der Waals surface area (Å²) in [6, 6.07) is 5.06. The fourth-order valence-electron chi connectivity index (χ4n) is 1.11. The monoisotopic (exact) mass is 216 g/mol. The Balaban J connectivity index is 2.84. The highest BCUT2D eigenvalue weighted by molar-refractivity contribution is 5.50. The summed E-state index contributed by atoms with van der Waals surface area (Å²) in [7, 11) is 0. The van der Waals surface area contributed by atoms with Gasteiger partial charge < -0.3 is 5.11 Å². The lowest BCUT2D eigenvalue weighted by atomic mass is 10.1. The molecule has 15 heavy (non-hydrogen) atoms. The molecule has 0 heterocycles. The smallest absolute Gasteiger partial charge is 0.396 e. The van der Waals surface area contributed by atoms with E-state index in [2.05, 4.69) is 0 Å². The molecule has 1 nitrogen and oxygen atoms in total. The van der Waals surface area contributed by atoms with E-state index in [1.165, 1.54) is 6.07 Å². The Morgan fingerprint density at radius 2 is 2.00 bits per heavy atom. The molecule has 0 unspecified atom stereocenters. The SMILES string of the molecule is OCC/C=C\c1cccc(C(F)(F)F)c1. The summed E-state index contributed by atoms with van der Waals surface area (Å²) in [4.78, 5) is 0. The topological polar surface area (TPSA) is 20.2 Å². The summed E-state index contributed by atoms with van der Waals surface area (Å²) in [5.41, 5.74) is -0.174. The predicted octanol–water partition coefficient (Wildman–Crippen LogP) is 3.10. The molecular formula is C11H11F3O. The first-order chi connectivity index (χ1) is 7.04. The van der Waals surface area contributed by atoms with E-state index in [0.717, 1.165) is 12.1 Å². The van der Waals surface area contributed by atoms with Crippen LogP contribution in [0.2, 0.25) is 0 Å². The minimum Gasteiger partial charge on any atom is -0.396 e. The number of hydrogen-bond acceptors (Lipinski definition) is 1.